The zero-order chi connectivity index (χ0) is 13.8. The van der Waals surface area contributed by atoms with E-state index in [1.165, 1.54) is 44.9 Å². The molecule has 20 heavy (non-hydrogen) atoms. The Morgan fingerprint density at radius 3 is 3.00 bits per heavy atom. The van der Waals surface area contributed by atoms with Gasteiger partial charge < -0.3 is 14.6 Å². The highest BCUT2D eigenvalue weighted by atomic mass is 16.5. The molecule has 112 valence electrons. The number of aromatic nitrogens is 2. The van der Waals surface area contributed by atoms with Gasteiger partial charge in [0.25, 0.3) is 0 Å². The monoisotopic (exact) mass is 277 g/mol. The molecule has 1 unspecified atom stereocenters. The van der Waals surface area contributed by atoms with Crippen molar-refractivity contribution in [3.05, 3.63) is 18.2 Å². The minimum atomic E-state index is 0.228. The first kappa shape index (κ1) is 14.1. The molecule has 1 aliphatic carbocycles. The Morgan fingerprint density at radius 1 is 1.35 bits per heavy atom. The lowest BCUT2D eigenvalue weighted by molar-refractivity contribution is -0.0681. The summed E-state index contributed by atoms with van der Waals surface area (Å²) in [4.78, 5) is 4.44. The molecule has 0 radical (unpaired) electrons. The number of rotatable bonds is 5. The quantitative estimate of drug-likeness (QED) is 0.899. The third-order valence-electron chi connectivity index (χ3n) is 4.84. The molecule has 2 fully saturated rings. The molecule has 1 aromatic rings. The van der Waals surface area contributed by atoms with Gasteiger partial charge in [0.05, 0.1) is 24.8 Å². The van der Waals surface area contributed by atoms with Crippen LogP contribution < -0.4 is 5.32 Å². The molecule has 1 aromatic heterocycles. The van der Waals surface area contributed by atoms with Gasteiger partial charge in [-0.15, -0.1) is 0 Å². The van der Waals surface area contributed by atoms with Crippen LogP contribution in [0.4, 0.5) is 0 Å². The third kappa shape index (κ3) is 3.07. The van der Waals surface area contributed by atoms with Crippen LogP contribution in [0.3, 0.4) is 0 Å². The fourth-order valence-electron chi connectivity index (χ4n) is 3.72. The van der Waals surface area contributed by atoms with Gasteiger partial charge in [-0.1, -0.05) is 26.2 Å². The van der Waals surface area contributed by atoms with Crippen molar-refractivity contribution in [3.8, 4) is 0 Å². The molecular formula is C16H27N3O. The molecular weight excluding hydrogens is 250 g/mol. The Balaban J connectivity index is 1.57. The van der Waals surface area contributed by atoms with Gasteiger partial charge in [0.15, 0.2) is 0 Å². The first-order chi connectivity index (χ1) is 9.81. The van der Waals surface area contributed by atoms with Crippen molar-refractivity contribution in [1.82, 2.24) is 14.9 Å². The van der Waals surface area contributed by atoms with Crippen LogP contribution in [-0.2, 0) is 17.8 Å². The van der Waals surface area contributed by atoms with E-state index in [-0.39, 0.29) is 5.60 Å². The molecule has 1 aliphatic heterocycles. The Hall–Kier alpha value is -0.870. The molecule has 3 rings (SSSR count). The summed E-state index contributed by atoms with van der Waals surface area (Å²) in [6.45, 7) is 4.92. The van der Waals surface area contributed by atoms with Crippen LogP contribution in [0.1, 0.15) is 57.7 Å². The van der Waals surface area contributed by atoms with Crippen molar-refractivity contribution >= 4 is 0 Å². The second-order valence-electron chi connectivity index (χ2n) is 6.30. The molecule has 1 spiro atoms. The van der Waals surface area contributed by atoms with E-state index in [0.717, 1.165) is 25.5 Å². The van der Waals surface area contributed by atoms with Crippen LogP contribution >= 0.6 is 0 Å². The number of nitrogens with zero attached hydrogens (tertiary/aromatic N) is 2. The maximum atomic E-state index is 6.45. The van der Waals surface area contributed by atoms with E-state index in [4.69, 9.17) is 4.74 Å². The number of nitrogens with one attached hydrogen (secondary N) is 1. The van der Waals surface area contributed by atoms with E-state index in [0.29, 0.717) is 6.10 Å². The SMILES string of the molecule is CCNCc1nccn1CC1CCC2(CCCCC2)O1. The largest absolute Gasteiger partial charge is 0.370 e. The van der Waals surface area contributed by atoms with E-state index in [1.54, 1.807) is 0 Å². The fraction of sp³-hybridized carbons (Fsp3) is 0.812. The normalized spacial score (nSPS) is 25.4. The van der Waals surface area contributed by atoms with Gasteiger partial charge in [0.2, 0.25) is 0 Å². The molecule has 4 heteroatoms. The smallest absolute Gasteiger partial charge is 0.122 e. The summed E-state index contributed by atoms with van der Waals surface area (Å²) >= 11 is 0. The summed E-state index contributed by atoms with van der Waals surface area (Å²) in [7, 11) is 0. The average molecular weight is 277 g/mol. The molecule has 0 amide bonds. The molecule has 0 aromatic carbocycles. The van der Waals surface area contributed by atoms with Crippen LogP contribution in [0.25, 0.3) is 0 Å². The van der Waals surface area contributed by atoms with E-state index in [2.05, 4.69) is 28.0 Å². The number of hydrogen-bond acceptors (Lipinski definition) is 3. The molecule has 0 bridgehead atoms. The summed E-state index contributed by atoms with van der Waals surface area (Å²) in [5, 5.41) is 3.35. The highest BCUT2D eigenvalue weighted by Crippen LogP contribution is 2.42. The summed E-state index contributed by atoms with van der Waals surface area (Å²) in [6, 6.07) is 0. The Kier molecular flexibility index (Phi) is 4.41. The first-order valence-corrected chi connectivity index (χ1v) is 8.20. The summed E-state index contributed by atoms with van der Waals surface area (Å²) in [6.07, 6.45) is 13.5. The van der Waals surface area contributed by atoms with Gasteiger partial charge in [-0.3, -0.25) is 0 Å². The summed E-state index contributed by atoms with van der Waals surface area (Å²) < 4.78 is 8.71. The van der Waals surface area contributed by atoms with Crippen molar-refractivity contribution < 1.29 is 4.74 Å². The number of imidazole rings is 1. The minimum absolute atomic E-state index is 0.228. The van der Waals surface area contributed by atoms with Gasteiger partial charge in [-0.05, 0) is 32.2 Å². The lowest BCUT2D eigenvalue weighted by Crippen LogP contribution is -2.32. The lowest BCUT2D eigenvalue weighted by Gasteiger charge is -2.33. The second-order valence-corrected chi connectivity index (χ2v) is 6.30. The van der Waals surface area contributed by atoms with Crippen molar-refractivity contribution in [1.29, 1.82) is 0 Å². The third-order valence-corrected chi connectivity index (χ3v) is 4.84. The Morgan fingerprint density at radius 2 is 2.20 bits per heavy atom. The van der Waals surface area contributed by atoms with Crippen LogP contribution in [-0.4, -0.2) is 27.8 Å². The van der Waals surface area contributed by atoms with Crippen molar-refractivity contribution in [2.75, 3.05) is 6.54 Å². The maximum Gasteiger partial charge on any atom is 0.122 e. The predicted molar refractivity (Wildman–Crippen MR) is 79.5 cm³/mol. The summed E-state index contributed by atoms with van der Waals surface area (Å²) in [5.41, 5.74) is 0.228. The molecule has 1 N–H and O–H groups in total. The van der Waals surface area contributed by atoms with Crippen LogP contribution in [0, 0.1) is 0 Å². The Bertz CT molecular complexity index is 423. The highest BCUT2D eigenvalue weighted by Gasteiger charge is 2.40. The number of hydrogen-bond donors (Lipinski definition) is 1. The summed E-state index contributed by atoms with van der Waals surface area (Å²) in [5.74, 6) is 1.13. The van der Waals surface area contributed by atoms with Gasteiger partial charge in [0, 0.05) is 12.4 Å². The van der Waals surface area contributed by atoms with E-state index >= 15 is 0 Å². The van der Waals surface area contributed by atoms with Crippen LogP contribution in [0.5, 0.6) is 0 Å². The van der Waals surface area contributed by atoms with Crippen molar-refractivity contribution in [2.24, 2.45) is 0 Å². The standard InChI is InChI=1S/C16H27N3O/c1-2-17-12-15-18-10-11-19(15)13-14-6-9-16(20-14)7-4-3-5-8-16/h10-11,14,17H,2-9,12-13H2,1H3. The highest BCUT2D eigenvalue weighted by molar-refractivity contribution is 4.96. The Labute approximate surface area is 121 Å². The average Bonchev–Trinajstić information content (AvgIpc) is 3.06. The molecule has 4 nitrogen and oxygen atoms in total. The van der Waals surface area contributed by atoms with Gasteiger partial charge in [0.1, 0.15) is 5.82 Å². The number of ether oxygens (including phenoxy) is 1. The zero-order valence-corrected chi connectivity index (χ0v) is 12.6. The van der Waals surface area contributed by atoms with E-state index < -0.39 is 0 Å². The molecule has 1 saturated heterocycles. The van der Waals surface area contributed by atoms with Gasteiger partial charge in [-0.2, -0.15) is 0 Å². The van der Waals surface area contributed by atoms with E-state index in [9.17, 15) is 0 Å². The molecule has 2 heterocycles. The van der Waals surface area contributed by atoms with Crippen LogP contribution in [0.15, 0.2) is 12.4 Å². The van der Waals surface area contributed by atoms with Gasteiger partial charge >= 0.3 is 0 Å². The molecule has 1 atom stereocenters. The zero-order valence-electron chi connectivity index (χ0n) is 12.6. The topological polar surface area (TPSA) is 39.1 Å². The van der Waals surface area contributed by atoms with Crippen molar-refractivity contribution in [2.45, 2.75) is 76.7 Å². The maximum absolute atomic E-state index is 6.45. The molecule has 1 saturated carbocycles. The second kappa shape index (κ2) is 6.27. The van der Waals surface area contributed by atoms with E-state index in [1.807, 2.05) is 6.20 Å². The molecule has 2 aliphatic rings. The van der Waals surface area contributed by atoms with Crippen molar-refractivity contribution in [3.63, 3.8) is 0 Å². The van der Waals surface area contributed by atoms with Gasteiger partial charge in [-0.25, -0.2) is 4.98 Å². The minimum Gasteiger partial charge on any atom is -0.370 e. The predicted octanol–water partition coefficient (Wildman–Crippen LogP) is 2.87. The fourth-order valence-corrected chi connectivity index (χ4v) is 3.72. The lowest BCUT2D eigenvalue weighted by atomic mass is 9.83. The first-order valence-electron chi connectivity index (χ1n) is 8.20. The van der Waals surface area contributed by atoms with Crippen LogP contribution in [0.2, 0.25) is 0 Å².